The number of hydrogen-bond donors (Lipinski definition) is 1. The van der Waals surface area contributed by atoms with Crippen molar-refractivity contribution in [2.45, 2.75) is 13.3 Å². The lowest BCUT2D eigenvalue weighted by molar-refractivity contribution is 0.0699. The van der Waals surface area contributed by atoms with Crippen LogP contribution in [0.1, 0.15) is 22.8 Å². The van der Waals surface area contributed by atoms with Gasteiger partial charge in [-0.25, -0.2) is 9.78 Å². The number of benzene rings is 2. The van der Waals surface area contributed by atoms with Crippen LogP contribution in [0.15, 0.2) is 48.5 Å². The van der Waals surface area contributed by atoms with Crippen LogP contribution in [-0.4, -0.2) is 23.2 Å². The third kappa shape index (κ3) is 2.88. The van der Waals surface area contributed by atoms with Crippen LogP contribution in [0.2, 0.25) is 0 Å². The Kier molecular flexibility index (Phi) is 3.98. The van der Waals surface area contributed by atoms with Crippen molar-refractivity contribution in [2.75, 3.05) is 7.11 Å². The third-order valence-electron chi connectivity index (χ3n) is 3.90. The zero-order chi connectivity index (χ0) is 16.4. The number of carbonyl (C=O) groups is 1. The number of hydrogen-bond acceptors (Lipinski definition) is 3. The molecule has 0 amide bonds. The first kappa shape index (κ1) is 15.0. The molecular formula is C19H17NO3. The molecule has 4 nitrogen and oxygen atoms in total. The Morgan fingerprint density at radius 1 is 1.13 bits per heavy atom. The van der Waals surface area contributed by atoms with Crippen LogP contribution < -0.4 is 4.74 Å². The standard InChI is InChI=1S/C19H17NO3/c1-3-12-4-9-17-15(10-12)16(19(21)22)11-18(20-17)13-5-7-14(23-2)8-6-13/h4-11H,3H2,1-2H3,(H,21,22). The van der Waals surface area contributed by atoms with Gasteiger partial charge in [-0.2, -0.15) is 0 Å². The lowest BCUT2D eigenvalue weighted by Crippen LogP contribution is -2.01. The summed E-state index contributed by atoms with van der Waals surface area (Å²) in [5, 5.41) is 10.2. The molecule has 0 atom stereocenters. The van der Waals surface area contributed by atoms with Crippen LogP contribution in [0.5, 0.6) is 5.75 Å². The van der Waals surface area contributed by atoms with E-state index in [2.05, 4.69) is 4.98 Å². The summed E-state index contributed by atoms with van der Waals surface area (Å²) in [6.45, 7) is 2.04. The van der Waals surface area contributed by atoms with E-state index in [1.165, 1.54) is 0 Å². The summed E-state index contributed by atoms with van der Waals surface area (Å²) in [5.74, 6) is -0.194. The van der Waals surface area contributed by atoms with Gasteiger partial charge < -0.3 is 9.84 Å². The highest BCUT2D eigenvalue weighted by molar-refractivity contribution is 6.04. The number of carboxylic acid groups (broad SMARTS) is 1. The van der Waals surface area contributed by atoms with E-state index >= 15 is 0 Å². The molecule has 0 bridgehead atoms. The molecule has 0 spiro atoms. The molecule has 0 aliphatic heterocycles. The van der Waals surface area contributed by atoms with Crippen molar-refractivity contribution in [3.8, 4) is 17.0 Å². The Morgan fingerprint density at radius 2 is 1.87 bits per heavy atom. The molecule has 0 fully saturated rings. The van der Waals surface area contributed by atoms with Gasteiger partial charge in [-0.3, -0.25) is 0 Å². The van der Waals surface area contributed by atoms with Gasteiger partial charge >= 0.3 is 5.97 Å². The molecule has 0 unspecified atom stereocenters. The topological polar surface area (TPSA) is 59.4 Å². The van der Waals surface area contributed by atoms with Crippen LogP contribution in [0.25, 0.3) is 22.2 Å². The molecule has 0 aliphatic carbocycles. The fourth-order valence-corrected chi connectivity index (χ4v) is 2.58. The smallest absolute Gasteiger partial charge is 0.336 e. The number of nitrogens with zero attached hydrogens (tertiary/aromatic N) is 1. The van der Waals surface area contributed by atoms with Crippen LogP contribution in [-0.2, 0) is 6.42 Å². The summed E-state index contributed by atoms with van der Waals surface area (Å²) in [6, 6.07) is 14.8. The number of pyridine rings is 1. The van der Waals surface area contributed by atoms with E-state index < -0.39 is 5.97 Å². The second kappa shape index (κ2) is 6.08. The van der Waals surface area contributed by atoms with E-state index in [1.807, 2.05) is 49.4 Å². The van der Waals surface area contributed by atoms with Crippen molar-refractivity contribution in [1.82, 2.24) is 4.98 Å². The summed E-state index contributed by atoms with van der Waals surface area (Å²) in [7, 11) is 1.61. The number of fused-ring (bicyclic) bond motifs is 1. The van der Waals surface area contributed by atoms with Gasteiger partial charge in [-0.1, -0.05) is 13.0 Å². The molecular weight excluding hydrogens is 290 g/mol. The molecule has 0 saturated heterocycles. The number of rotatable bonds is 4. The molecule has 1 N–H and O–H groups in total. The highest BCUT2D eigenvalue weighted by Crippen LogP contribution is 2.27. The molecule has 23 heavy (non-hydrogen) atoms. The second-order valence-electron chi connectivity index (χ2n) is 5.29. The molecule has 2 aromatic carbocycles. The van der Waals surface area contributed by atoms with Crippen molar-refractivity contribution < 1.29 is 14.6 Å². The number of aromatic nitrogens is 1. The highest BCUT2D eigenvalue weighted by Gasteiger charge is 2.13. The number of carboxylic acids is 1. The minimum Gasteiger partial charge on any atom is -0.497 e. The van der Waals surface area contributed by atoms with E-state index in [1.54, 1.807) is 13.2 Å². The van der Waals surface area contributed by atoms with E-state index in [0.717, 1.165) is 23.3 Å². The maximum absolute atomic E-state index is 11.7. The molecule has 1 heterocycles. The van der Waals surface area contributed by atoms with Gasteiger partial charge in [-0.15, -0.1) is 0 Å². The molecule has 0 saturated carbocycles. The van der Waals surface area contributed by atoms with Crippen molar-refractivity contribution in [3.63, 3.8) is 0 Å². The molecule has 1 aromatic heterocycles. The zero-order valence-electron chi connectivity index (χ0n) is 13.0. The fourth-order valence-electron chi connectivity index (χ4n) is 2.58. The van der Waals surface area contributed by atoms with Gasteiger partial charge in [0, 0.05) is 10.9 Å². The molecule has 0 aliphatic rings. The van der Waals surface area contributed by atoms with Crippen molar-refractivity contribution in [2.24, 2.45) is 0 Å². The fraction of sp³-hybridized carbons (Fsp3) is 0.158. The van der Waals surface area contributed by atoms with E-state index in [4.69, 9.17) is 4.74 Å². The first-order valence-corrected chi connectivity index (χ1v) is 7.43. The maximum atomic E-state index is 11.7. The molecule has 0 radical (unpaired) electrons. The third-order valence-corrected chi connectivity index (χ3v) is 3.90. The molecule has 3 aromatic rings. The maximum Gasteiger partial charge on any atom is 0.336 e. The molecule has 4 heteroatoms. The second-order valence-corrected chi connectivity index (χ2v) is 5.29. The zero-order valence-corrected chi connectivity index (χ0v) is 13.0. The summed E-state index contributed by atoms with van der Waals surface area (Å²) in [6.07, 6.45) is 0.856. The van der Waals surface area contributed by atoms with Gasteiger partial charge in [0.05, 0.1) is 23.9 Å². The van der Waals surface area contributed by atoms with Crippen LogP contribution in [0.3, 0.4) is 0 Å². The lowest BCUT2D eigenvalue weighted by atomic mass is 10.0. The summed E-state index contributed by atoms with van der Waals surface area (Å²) in [4.78, 5) is 16.3. The largest absolute Gasteiger partial charge is 0.497 e. The van der Waals surface area contributed by atoms with E-state index in [0.29, 0.717) is 16.6 Å². The van der Waals surface area contributed by atoms with E-state index in [-0.39, 0.29) is 5.56 Å². The van der Waals surface area contributed by atoms with Crippen molar-refractivity contribution in [1.29, 1.82) is 0 Å². The quantitative estimate of drug-likeness (QED) is 0.786. The monoisotopic (exact) mass is 307 g/mol. The SMILES string of the molecule is CCc1ccc2nc(-c3ccc(OC)cc3)cc(C(=O)O)c2c1. The van der Waals surface area contributed by atoms with Gasteiger partial charge in [0.15, 0.2) is 0 Å². The van der Waals surface area contributed by atoms with Crippen LogP contribution in [0, 0.1) is 0 Å². The highest BCUT2D eigenvalue weighted by atomic mass is 16.5. The van der Waals surface area contributed by atoms with E-state index in [9.17, 15) is 9.90 Å². The number of aryl methyl sites for hydroxylation is 1. The summed E-state index contributed by atoms with van der Waals surface area (Å²) >= 11 is 0. The average Bonchev–Trinajstić information content (AvgIpc) is 2.60. The normalized spacial score (nSPS) is 10.7. The average molecular weight is 307 g/mol. The Balaban J connectivity index is 2.20. The van der Waals surface area contributed by atoms with Gasteiger partial charge in [-0.05, 0) is 54.4 Å². The minimum atomic E-state index is -0.944. The molecule has 116 valence electrons. The summed E-state index contributed by atoms with van der Waals surface area (Å²) < 4.78 is 5.15. The van der Waals surface area contributed by atoms with Crippen LogP contribution >= 0.6 is 0 Å². The lowest BCUT2D eigenvalue weighted by Gasteiger charge is -2.09. The van der Waals surface area contributed by atoms with Gasteiger partial charge in [0.2, 0.25) is 0 Å². The van der Waals surface area contributed by atoms with Crippen molar-refractivity contribution in [3.05, 3.63) is 59.7 Å². The number of methoxy groups -OCH3 is 1. The number of aromatic carboxylic acids is 1. The minimum absolute atomic E-state index is 0.274. The van der Waals surface area contributed by atoms with Gasteiger partial charge in [0.25, 0.3) is 0 Å². The Labute approximate surface area is 134 Å². The Morgan fingerprint density at radius 3 is 2.48 bits per heavy atom. The number of ether oxygens (including phenoxy) is 1. The van der Waals surface area contributed by atoms with Crippen LogP contribution in [0.4, 0.5) is 0 Å². The Hall–Kier alpha value is -2.88. The van der Waals surface area contributed by atoms with Crippen molar-refractivity contribution >= 4 is 16.9 Å². The predicted molar refractivity (Wildman–Crippen MR) is 90.1 cm³/mol. The Bertz CT molecular complexity index is 870. The first-order chi connectivity index (χ1) is 11.1. The molecule has 3 rings (SSSR count). The summed E-state index contributed by atoms with van der Waals surface area (Å²) in [5.41, 5.74) is 3.56. The first-order valence-electron chi connectivity index (χ1n) is 7.43. The van der Waals surface area contributed by atoms with Gasteiger partial charge in [0.1, 0.15) is 5.75 Å². The predicted octanol–water partition coefficient (Wildman–Crippen LogP) is 4.17.